The van der Waals surface area contributed by atoms with Gasteiger partial charge in [-0.3, -0.25) is 4.79 Å². The monoisotopic (exact) mass is 352 g/mol. The van der Waals surface area contributed by atoms with E-state index in [-0.39, 0.29) is 11.1 Å². The van der Waals surface area contributed by atoms with Crippen LogP contribution in [0, 0.1) is 0 Å². The third-order valence-electron chi connectivity index (χ3n) is 2.41. The second-order valence-electron chi connectivity index (χ2n) is 3.82. The van der Waals surface area contributed by atoms with Crippen molar-refractivity contribution >= 4 is 27.7 Å². The van der Waals surface area contributed by atoms with E-state index >= 15 is 0 Å². The molecule has 2 unspecified atom stereocenters. The quantitative estimate of drug-likeness (QED) is 0.606. The summed E-state index contributed by atoms with van der Waals surface area (Å²) >= 11 is 2.98. The van der Waals surface area contributed by atoms with Crippen molar-refractivity contribution in [3.05, 3.63) is 29.3 Å². The average Bonchev–Trinajstić information content (AvgIpc) is 2.35. The van der Waals surface area contributed by atoms with Crippen LogP contribution in [-0.2, 0) is 4.79 Å². The van der Waals surface area contributed by atoms with Gasteiger partial charge in [0.05, 0.1) is 10.4 Å². The summed E-state index contributed by atoms with van der Waals surface area (Å²) in [5, 5.41) is 18.3. The molecule has 0 spiro atoms. The summed E-state index contributed by atoms with van der Waals surface area (Å²) in [5.74, 6) is -2.75. The molecule has 0 fully saturated rings. The lowest BCUT2D eigenvalue weighted by Gasteiger charge is -2.17. The van der Waals surface area contributed by atoms with Crippen molar-refractivity contribution in [2.45, 2.75) is 24.5 Å². The van der Waals surface area contributed by atoms with Crippen LogP contribution in [0.1, 0.15) is 28.9 Å². The molecule has 2 atom stereocenters. The van der Waals surface area contributed by atoms with Crippen LogP contribution in [0.3, 0.4) is 0 Å². The standard InChI is InChI=1S/C12H11BrF2O5/c1-5(13)9(16)8-6(10(17)11(18)19)3-2-4-7(8)20-12(14)15/h2-5,10,12,17H,1H3,(H,18,19). The minimum Gasteiger partial charge on any atom is -0.479 e. The van der Waals surface area contributed by atoms with Gasteiger partial charge in [-0.1, -0.05) is 28.1 Å². The summed E-state index contributed by atoms with van der Waals surface area (Å²) in [6.45, 7) is -1.73. The first-order valence-corrected chi connectivity index (χ1v) is 6.34. The van der Waals surface area contributed by atoms with Gasteiger partial charge >= 0.3 is 12.6 Å². The third-order valence-corrected chi connectivity index (χ3v) is 2.83. The zero-order chi connectivity index (χ0) is 15.4. The number of benzene rings is 1. The molecule has 0 heterocycles. The molecule has 0 aliphatic heterocycles. The maximum atomic E-state index is 12.3. The zero-order valence-corrected chi connectivity index (χ0v) is 11.8. The number of carbonyl (C=O) groups excluding carboxylic acids is 1. The number of hydrogen-bond donors (Lipinski definition) is 2. The molecule has 20 heavy (non-hydrogen) atoms. The maximum absolute atomic E-state index is 12.3. The Balaban J connectivity index is 3.43. The number of ketones is 1. The van der Waals surface area contributed by atoms with Crippen molar-refractivity contribution in [1.82, 2.24) is 0 Å². The SMILES string of the molecule is CC(Br)C(=O)c1c(OC(F)F)cccc1C(O)C(=O)O. The molecule has 2 N–H and O–H groups in total. The number of hydrogen-bond acceptors (Lipinski definition) is 4. The molecule has 0 saturated heterocycles. The van der Waals surface area contributed by atoms with Crippen molar-refractivity contribution in [1.29, 1.82) is 0 Å². The van der Waals surface area contributed by atoms with Crippen LogP contribution in [0.15, 0.2) is 18.2 Å². The summed E-state index contributed by atoms with van der Waals surface area (Å²) in [7, 11) is 0. The molecule has 0 amide bonds. The van der Waals surface area contributed by atoms with E-state index < -0.39 is 35.0 Å². The molecule has 0 aliphatic carbocycles. The second kappa shape index (κ2) is 6.76. The fourth-order valence-electron chi connectivity index (χ4n) is 1.57. The molecular formula is C12H11BrF2O5. The van der Waals surface area contributed by atoms with Gasteiger partial charge in [-0.25, -0.2) is 4.79 Å². The van der Waals surface area contributed by atoms with E-state index in [1.165, 1.54) is 19.1 Å². The van der Waals surface area contributed by atoms with Crippen LogP contribution < -0.4 is 4.74 Å². The van der Waals surface area contributed by atoms with E-state index in [1.807, 2.05) is 0 Å². The van der Waals surface area contributed by atoms with Crippen LogP contribution in [0.4, 0.5) is 8.78 Å². The highest BCUT2D eigenvalue weighted by Gasteiger charge is 2.28. The lowest BCUT2D eigenvalue weighted by Crippen LogP contribution is -2.20. The summed E-state index contributed by atoms with van der Waals surface area (Å²) < 4.78 is 28.9. The number of rotatable bonds is 6. The Labute approximate surface area is 121 Å². The Hall–Kier alpha value is -1.54. The smallest absolute Gasteiger partial charge is 0.387 e. The van der Waals surface area contributed by atoms with E-state index in [9.17, 15) is 23.5 Å². The van der Waals surface area contributed by atoms with Gasteiger partial charge in [0.25, 0.3) is 0 Å². The second-order valence-corrected chi connectivity index (χ2v) is 5.19. The molecular weight excluding hydrogens is 342 g/mol. The average molecular weight is 353 g/mol. The van der Waals surface area contributed by atoms with E-state index in [4.69, 9.17) is 5.11 Å². The van der Waals surface area contributed by atoms with E-state index in [2.05, 4.69) is 20.7 Å². The Morgan fingerprint density at radius 1 is 1.35 bits per heavy atom. The highest BCUT2D eigenvalue weighted by atomic mass is 79.9. The maximum Gasteiger partial charge on any atom is 0.387 e. The van der Waals surface area contributed by atoms with Crippen LogP contribution in [0.5, 0.6) is 5.75 Å². The molecule has 1 rings (SSSR count). The number of halogens is 3. The summed E-state index contributed by atoms with van der Waals surface area (Å²) in [6.07, 6.45) is -2.01. The lowest BCUT2D eigenvalue weighted by atomic mass is 9.97. The normalized spacial score (nSPS) is 13.9. The van der Waals surface area contributed by atoms with Gasteiger partial charge in [0.1, 0.15) is 5.75 Å². The molecule has 0 bridgehead atoms. The number of aliphatic hydroxyl groups is 1. The van der Waals surface area contributed by atoms with Crippen molar-refractivity contribution in [3.8, 4) is 5.75 Å². The van der Waals surface area contributed by atoms with Crippen molar-refractivity contribution in [3.63, 3.8) is 0 Å². The number of alkyl halides is 3. The van der Waals surface area contributed by atoms with Crippen molar-refractivity contribution < 1.29 is 33.3 Å². The first-order chi connectivity index (χ1) is 9.25. The molecule has 0 radical (unpaired) electrons. The predicted octanol–water partition coefficient (Wildman–Crippen LogP) is 2.37. The molecule has 0 saturated carbocycles. The lowest BCUT2D eigenvalue weighted by molar-refractivity contribution is -0.146. The van der Waals surface area contributed by atoms with Crippen LogP contribution in [0.25, 0.3) is 0 Å². The van der Waals surface area contributed by atoms with Crippen LogP contribution >= 0.6 is 15.9 Å². The number of carboxylic acids is 1. The molecule has 5 nitrogen and oxygen atoms in total. The molecule has 0 aromatic heterocycles. The van der Waals surface area contributed by atoms with E-state index in [0.29, 0.717) is 0 Å². The van der Waals surface area contributed by atoms with Gasteiger partial charge < -0.3 is 14.9 Å². The first kappa shape index (κ1) is 16.5. The van der Waals surface area contributed by atoms with Gasteiger partial charge in [0.15, 0.2) is 11.9 Å². The summed E-state index contributed by atoms with van der Waals surface area (Å²) in [5.41, 5.74) is -0.681. The molecule has 1 aromatic carbocycles. The zero-order valence-electron chi connectivity index (χ0n) is 10.2. The van der Waals surface area contributed by atoms with Gasteiger partial charge in [-0.2, -0.15) is 8.78 Å². The van der Waals surface area contributed by atoms with Gasteiger partial charge in [0, 0.05) is 5.56 Å². The topological polar surface area (TPSA) is 83.8 Å². The molecule has 8 heteroatoms. The minimum absolute atomic E-state index is 0.299. The highest BCUT2D eigenvalue weighted by molar-refractivity contribution is 9.10. The predicted molar refractivity (Wildman–Crippen MR) is 68.4 cm³/mol. The number of carboxylic acid groups (broad SMARTS) is 1. The Bertz CT molecular complexity index is 519. The van der Waals surface area contributed by atoms with Crippen LogP contribution in [-0.4, -0.2) is 33.4 Å². The Morgan fingerprint density at radius 2 is 1.95 bits per heavy atom. The largest absolute Gasteiger partial charge is 0.479 e. The van der Waals surface area contributed by atoms with E-state index in [1.54, 1.807) is 0 Å². The Kier molecular flexibility index (Phi) is 5.58. The third kappa shape index (κ3) is 3.73. The number of aliphatic hydroxyl groups excluding tert-OH is 1. The number of Topliss-reactive ketones (excluding diaryl/α,β-unsaturated/α-hetero) is 1. The minimum atomic E-state index is -3.18. The van der Waals surface area contributed by atoms with Gasteiger partial charge in [-0.05, 0) is 13.0 Å². The highest BCUT2D eigenvalue weighted by Crippen LogP contribution is 2.30. The van der Waals surface area contributed by atoms with Crippen LogP contribution in [0.2, 0.25) is 0 Å². The fraction of sp³-hybridized carbons (Fsp3) is 0.333. The number of ether oxygens (including phenoxy) is 1. The Morgan fingerprint density at radius 3 is 2.40 bits per heavy atom. The summed E-state index contributed by atoms with van der Waals surface area (Å²) in [6, 6.07) is 3.49. The number of carbonyl (C=O) groups is 2. The van der Waals surface area contributed by atoms with Crippen molar-refractivity contribution in [2.75, 3.05) is 0 Å². The molecule has 0 aliphatic rings. The van der Waals surface area contributed by atoms with Gasteiger partial charge in [0.2, 0.25) is 0 Å². The summed E-state index contributed by atoms with van der Waals surface area (Å²) in [4.78, 5) is 22.1. The van der Waals surface area contributed by atoms with E-state index in [0.717, 1.165) is 6.07 Å². The van der Waals surface area contributed by atoms with Gasteiger partial charge in [-0.15, -0.1) is 0 Å². The number of aliphatic carboxylic acids is 1. The first-order valence-electron chi connectivity index (χ1n) is 5.42. The van der Waals surface area contributed by atoms with Crippen molar-refractivity contribution in [2.24, 2.45) is 0 Å². The molecule has 110 valence electrons. The fourth-order valence-corrected chi connectivity index (χ4v) is 1.79. The molecule has 1 aromatic rings.